The van der Waals surface area contributed by atoms with E-state index in [0.717, 1.165) is 12.0 Å². The Labute approximate surface area is 111 Å². The highest BCUT2D eigenvalue weighted by Crippen LogP contribution is 2.22. The van der Waals surface area contributed by atoms with Crippen molar-refractivity contribution >= 4 is 17.6 Å². The van der Waals surface area contributed by atoms with Gasteiger partial charge in [-0.15, -0.1) is 0 Å². The van der Waals surface area contributed by atoms with Gasteiger partial charge in [0.1, 0.15) is 12.4 Å². The fraction of sp³-hybridized carbons (Fsp3) is 0.273. The van der Waals surface area contributed by atoms with Gasteiger partial charge < -0.3 is 9.64 Å². The Kier molecular flexibility index (Phi) is 4.68. The number of halogens is 2. The fourth-order valence-corrected chi connectivity index (χ4v) is 1.38. The number of nitrogens with zero attached hydrogens (tertiary/aromatic N) is 2. The quantitative estimate of drug-likeness (QED) is 0.470. The molecule has 0 N–H and O–H groups in total. The van der Waals surface area contributed by atoms with Crippen molar-refractivity contribution in [2.24, 2.45) is 0 Å². The van der Waals surface area contributed by atoms with Crippen molar-refractivity contribution in [3.63, 3.8) is 0 Å². The summed E-state index contributed by atoms with van der Waals surface area (Å²) in [5.74, 6) is -4.40. The van der Waals surface area contributed by atoms with E-state index >= 15 is 0 Å². The molecule has 0 fully saturated rings. The van der Waals surface area contributed by atoms with Crippen LogP contribution >= 0.6 is 0 Å². The van der Waals surface area contributed by atoms with E-state index in [2.05, 4.69) is 4.74 Å². The number of carbonyl (C=O) groups is 2. The first kappa shape index (κ1) is 15.5. The van der Waals surface area contributed by atoms with Crippen LogP contribution in [0.2, 0.25) is 0 Å². The first-order valence-electron chi connectivity index (χ1n) is 5.23. The zero-order chi connectivity index (χ0) is 15.4. The van der Waals surface area contributed by atoms with Crippen LogP contribution in [0.5, 0.6) is 0 Å². The number of carbonyl (C=O) groups excluding carboxylic acids is 2. The van der Waals surface area contributed by atoms with E-state index in [1.807, 2.05) is 0 Å². The van der Waals surface area contributed by atoms with Crippen LogP contribution in [0, 0.1) is 21.7 Å². The van der Waals surface area contributed by atoms with Gasteiger partial charge in [0.25, 0.3) is 5.91 Å². The average Bonchev–Trinajstić information content (AvgIpc) is 2.37. The molecule has 0 bridgehead atoms. The summed E-state index contributed by atoms with van der Waals surface area (Å²) in [4.78, 5) is 33.1. The molecule has 0 aliphatic carbocycles. The molecule has 0 heterocycles. The summed E-state index contributed by atoms with van der Waals surface area (Å²) in [6, 6.07) is 0.734. The van der Waals surface area contributed by atoms with Gasteiger partial charge in [-0.05, 0) is 0 Å². The van der Waals surface area contributed by atoms with Gasteiger partial charge in [-0.3, -0.25) is 19.7 Å². The third kappa shape index (κ3) is 3.25. The highest BCUT2D eigenvalue weighted by atomic mass is 19.1. The molecule has 0 aliphatic rings. The topological polar surface area (TPSA) is 89.8 Å². The molecule has 0 aliphatic heterocycles. The molecule has 0 radical (unpaired) electrons. The lowest BCUT2D eigenvalue weighted by Crippen LogP contribution is -2.33. The first-order chi connectivity index (χ1) is 9.27. The number of esters is 1. The third-order valence-corrected chi connectivity index (χ3v) is 2.40. The summed E-state index contributed by atoms with van der Waals surface area (Å²) in [7, 11) is 2.28. The van der Waals surface area contributed by atoms with Crippen LogP contribution in [0.4, 0.5) is 14.5 Å². The molecule has 1 aromatic carbocycles. The van der Waals surface area contributed by atoms with Gasteiger partial charge >= 0.3 is 11.7 Å². The largest absolute Gasteiger partial charge is 0.468 e. The number of methoxy groups -OCH3 is 1. The molecule has 0 saturated carbocycles. The molecule has 20 heavy (non-hydrogen) atoms. The first-order valence-corrected chi connectivity index (χ1v) is 5.23. The minimum absolute atomic E-state index is 0.247. The zero-order valence-corrected chi connectivity index (χ0v) is 10.6. The number of nitro groups is 1. The number of ether oxygens (including phenoxy) is 1. The molecule has 0 aromatic heterocycles. The number of hydrogen-bond acceptors (Lipinski definition) is 5. The standard InChI is InChI=1S/C11H10F2N2O5/c1-14(5-10(16)20-2)11(17)6-3-9(15(18)19)8(13)4-7(6)12/h3-4H,5H2,1-2H3. The fourth-order valence-electron chi connectivity index (χ4n) is 1.38. The molecule has 7 nitrogen and oxygen atoms in total. The summed E-state index contributed by atoms with van der Waals surface area (Å²) < 4.78 is 31.0. The Morgan fingerprint density at radius 2 is 1.95 bits per heavy atom. The molecule has 0 spiro atoms. The van der Waals surface area contributed by atoms with Gasteiger partial charge in [0.2, 0.25) is 5.82 Å². The molecule has 1 amide bonds. The summed E-state index contributed by atoms with van der Waals surface area (Å²) in [6.45, 7) is -0.472. The monoisotopic (exact) mass is 288 g/mol. The van der Waals surface area contributed by atoms with Crippen molar-refractivity contribution in [2.75, 3.05) is 20.7 Å². The molecule has 0 atom stereocenters. The van der Waals surface area contributed by atoms with E-state index in [1.54, 1.807) is 0 Å². The van der Waals surface area contributed by atoms with Crippen LogP contribution in [0.15, 0.2) is 12.1 Å². The minimum Gasteiger partial charge on any atom is -0.468 e. The van der Waals surface area contributed by atoms with Crippen molar-refractivity contribution in [2.45, 2.75) is 0 Å². The van der Waals surface area contributed by atoms with Crippen molar-refractivity contribution in [1.82, 2.24) is 4.90 Å². The summed E-state index contributed by atoms with van der Waals surface area (Å²) in [6.07, 6.45) is 0. The average molecular weight is 288 g/mol. The normalized spacial score (nSPS) is 10.0. The van der Waals surface area contributed by atoms with Crippen LogP contribution in [0.25, 0.3) is 0 Å². The second-order valence-corrected chi connectivity index (χ2v) is 3.78. The lowest BCUT2D eigenvalue weighted by Gasteiger charge is -2.15. The number of rotatable bonds is 4. The third-order valence-electron chi connectivity index (χ3n) is 2.40. The van der Waals surface area contributed by atoms with Gasteiger partial charge in [0, 0.05) is 19.2 Å². The van der Waals surface area contributed by atoms with Crippen LogP contribution < -0.4 is 0 Å². The maximum Gasteiger partial charge on any atom is 0.325 e. The summed E-state index contributed by atoms with van der Waals surface area (Å²) in [5.41, 5.74) is -1.73. The number of likely N-dealkylation sites (N-methyl/N-ethyl adjacent to an activating group) is 1. The van der Waals surface area contributed by atoms with Gasteiger partial charge in [-0.25, -0.2) is 4.39 Å². The van der Waals surface area contributed by atoms with E-state index in [4.69, 9.17) is 0 Å². The van der Waals surface area contributed by atoms with Crippen LogP contribution in [-0.2, 0) is 9.53 Å². The van der Waals surface area contributed by atoms with E-state index in [-0.39, 0.29) is 6.07 Å². The second-order valence-electron chi connectivity index (χ2n) is 3.78. The molecule has 0 saturated heterocycles. The number of nitro benzene ring substituents is 1. The Morgan fingerprint density at radius 1 is 1.35 bits per heavy atom. The molecule has 0 unspecified atom stereocenters. The Morgan fingerprint density at radius 3 is 2.45 bits per heavy atom. The van der Waals surface area contributed by atoms with E-state index in [0.29, 0.717) is 6.07 Å². The molecule has 108 valence electrons. The SMILES string of the molecule is COC(=O)CN(C)C(=O)c1cc([N+](=O)[O-])c(F)cc1F. The molecule has 9 heteroatoms. The van der Waals surface area contributed by atoms with Crippen molar-refractivity contribution in [3.8, 4) is 0 Å². The van der Waals surface area contributed by atoms with Gasteiger partial charge in [0.15, 0.2) is 0 Å². The zero-order valence-electron chi connectivity index (χ0n) is 10.6. The van der Waals surface area contributed by atoms with Gasteiger partial charge in [0.05, 0.1) is 17.6 Å². The van der Waals surface area contributed by atoms with E-state index < -0.39 is 46.2 Å². The smallest absolute Gasteiger partial charge is 0.325 e. The predicted octanol–water partition coefficient (Wildman–Crippen LogP) is 1.12. The second kappa shape index (κ2) is 6.04. The van der Waals surface area contributed by atoms with E-state index in [1.165, 1.54) is 7.05 Å². The van der Waals surface area contributed by atoms with Crippen LogP contribution in [-0.4, -0.2) is 42.4 Å². The van der Waals surface area contributed by atoms with E-state index in [9.17, 15) is 28.5 Å². The predicted molar refractivity (Wildman–Crippen MR) is 62.0 cm³/mol. The minimum atomic E-state index is -1.39. The lowest BCUT2D eigenvalue weighted by atomic mass is 10.1. The maximum absolute atomic E-state index is 13.5. The molecule has 1 rings (SSSR count). The van der Waals surface area contributed by atoms with Crippen LogP contribution in [0.1, 0.15) is 10.4 Å². The number of hydrogen-bond donors (Lipinski definition) is 0. The maximum atomic E-state index is 13.5. The molecular weight excluding hydrogens is 278 g/mol. The van der Waals surface area contributed by atoms with Gasteiger partial charge in [-0.2, -0.15) is 4.39 Å². The van der Waals surface area contributed by atoms with Crippen molar-refractivity contribution in [3.05, 3.63) is 39.4 Å². The number of benzene rings is 1. The summed E-state index contributed by atoms with van der Waals surface area (Å²) in [5, 5.41) is 10.5. The highest BCUT2D eigenvalue weighted by molar-refractivity contribution is 5.96. The Bertz CT molecular complexity index is 576. The lowest BCUT2D eigenvalue weighted by molar-refractivity contribution is -0.387. The van der Waals surface area contributed by atoms with Crippen molar-refractivity contribution in [1.29, 1.82) is 0 Å². The summed E-state index contributed by atoms with van der Waals surface area (Å²) >= 11 is 0. The van der Waals surface area contributed by atoms with Crippen molar-refractivity contribution < 1.29 is 28.0 Å². The molecule has 1 aromatic rings. The number of amides is 1. The Hall–Kier alpha value is -2.58. The van der Waals surface area contributed by atoms with Crippen LogP contribution in [0.3, 0.4) is 0 Å². The molecular formula is C11H10F2N2O5. The Balaban J connectivity index is 3.12. The highest BCUT2D eigenvalue weighted by Gasteiger charge is 2.25. The van der Waals surface area contributed by atoms with Gasteiger partial charge in [-0.1, -0.05) is 0 Å².